The second-order valence-electron chi connectivity index (χ2n) is 5.60. The number of urea groups is 1. The first-order chi connectivity index (χ1) is 9.77. The molecule has 0 saturated carbocycles. The minimum Gasteiger partial charge on any atom is -0.481 e. The number of esters is 1. The fourth-order valence-corrected chi connectivity index (χ4v) is 2.19. The average Bonchev–Trinajstić information content (AvgIpc) is 2.33. The van der Waals surface area contributed by atoms with E-state index in [1.54, 1.807) is 18.7 Å². The van der Waals surface area contributed by atoms with Crippen molar-refractivity contribution in [2.24, 2.45) is 11.8 Å². The molecule has 0 radical (unpaired) electrons. The summed E-state index contributed by atoms with van der Waals surface area (Å²) in [5, 5.41) is 8.94. The molecule has 0 spiro atoms. The van der Waals surface area contributed by atoms with Crippen molar-refractivity contribution in [1.29, 1.82) is 0 Å². The molecule has 1 aliphatic heterocycles. The molecule has 0 aromatic heterocycles. The van der Waals surface area contributed by atoms with Gasteiger partial charge in [-0.15, -0.1) is 0 Å². The quantitative estimate of drug-likeness (QED) is 0.740. The number of nitrogens with zero attached hydrogens (tertiary/aromatic N) is 2. The van der Waals surface area contributed by atoms with Crippen molar-refractivity contribution in [1.82, 2.24) is 9.80 Å². The third-order valence-electron chi connectivity index (χ3n) is 3.75. The van der Waals surface area contributed by atoms with E-state index in [0.29, 0.717) is 13.1 Å². The van der Waals surface area contributed by atoms with Crippen LogP contribution in [0.15, 0.2) is 0 Å². The molecule has 1 N–H and O–H groups in total. The van der Waals surface area contributed by atoms with Gasteiger partial charge >= 0.3 is 18.0 Å². The molecule has 1 aliphatic rings. The number of carbonyl (C=O) groups excluding carboxylic acids is 2. The number of hydrogen-bond donors (Lipinski definition) is 1. The summed E-state index contributed by atoms with van der Waals surface area (Å²) in [5.41, 5.74) is 0. The molecular weight excluding hydrogens is 276 g/mol. The molecule has 1 rings (SSSR count). The Morgan fingerprint density at radius 2 is 1.86 bits per heavy atom. The number of rotatable bonds is 6. The fraction of sp³-hybridized carbons (Fsp3) is 0.786. The number of carboxylic acid groups (broad SMARTS) is 1. The number of carbonyl (C=O) groups is 3. The molecule has 7 nitrogen and oxygen atoms in total. The van der Waals surface area contributed by atoms with Crippen LogP contribution in [0.5, 0.6) is 0 Å². The van der Waals surface area contributed by atoms with Gasteiger partial charge in [-0.2, -0.15) is 0 Å². The summed E-state index contributed by atoms with van der Waals surface area (Å²) in [7, 11) is 0. The van der Waals surface area contributed by atoms with Crippen molar-refractivity contribution in [3.8, 4) is 0 Å². The number of carboxylic acids is 1. The fourth-order valence-electron chi connectivity index (χ4n) is 2.19. The van der Waals surface area contributed by atoms with Crippen LogP contribution in [0.2, 0.25) is 0 Å². The number of hydrogen-bond acceptors (Lipinski definition) is 4. The Labute approximate surface area is 124 Å². The van der Waals surface area contributed by atoms with Gasteiger partial charge in [-0.25, -0.2) is 4.79 Å². The van der Waals surface area contributed by atoms with Gasteiger partial charge in [-0.3, -0.25) is 9.59 Å². The summed E-state index contributed by atoms with van der Waals surface area (Å²) < 4.78 is 4.87. The molecule has 1 unspecified atom stereocenters. The Hall–Kier alpha value is -1.79. The molecular formula is C14H24N2O5. The van der Waals surface area contributed by atoms with Crippen LogP contribution < -0.4 is 0 Å². The van der Waals surface area contributed by atoms with E-state index in [4.69, 9.17) is 9.84 Å². The van der Waals surface area contributed by atoms with Gasteiger partial charge in [0.25, 0.3) is 0 Å². The predicted molar refractivity (Wildman–Crippen MR) is 75.7 cm³/mol. The van der Waals surface area contributed by atoms with Crippen LogP contribution in [0, 0.1) is 11.8 Å². The zero-order valence-electron chi connectivity index (χ0n) is 13.0. The molecule has 21 heavy (non-hydrogen) atoms. The highest BCUT2D eigenvalue weighted by molar-refractivity contribution is 5.82. The van der Waals surface area contributed by atoms with E-state index in [-0.39, 0.29) is 31.1 Å². The number of amides is 2. The third kappa shape index (κ3) is 4.34. The molecule has 120 valence electrons. The summed E-state index contributed by atoms with van der Waals surface area (Å²) in [6.45, 7) is 8.04. The smallest absolute Gasteiger partial charge is 0.325 e. The molecule has 1 heterocycles. The van der Waals surface area contributed by atoms with E-state index < -0.39 is 17.9 Å². The molecule has 1 saturated heterocycles. The van der Waals surface area contributed by atoms with E-state index in [9.17, 15) is 14.4 Å². The Morgan fingerprint density at radius 3 is 2.29 bits per heavy atom. The largest absolute Gasteiger partial charge is 0.481 e. The third-order valence-corrected chi connectivity index (χ3v) is 3.75. The van der Waals surface area contributed by atoms with Gasteiger partial charge in [0.1, 0.15) is 6.54 Å². The standard InChI is InChI=1S/C14H24N2O5/c1-5-21-12(17)8-16(9(2)3)14(20)15-6-11(7-15)10(4)13(18)19/h9-11H,5-8H2,1-4H3,(H,18,19). The minimum atomic E-state index is -0.848. The highest BCUT2D eigenvalue weighted by Gasteiger charge is 2.39. The van der Waals surface area contributed by atoms with Crippen molar-refractivity contribution in [2.75, 3.05) is 26.2 Å². The lowest BCUT2D eigenvalue weighted by molar-refractivity contribution is -0.145. The molecule has 1 fully saturated rings. The van der Waals surface area contributed by atoms with Crippen LogP contribution in [0.3, 0.4) is 0 Å². The Balaban J connectivity index is 2.56. The monoisotopic (exact) mass is 300 g/mol. The van der Waals surface area contributed by atoms with Gasteiger partial charge in [0.15, 0.2) is 0 Å². The van der Waals surface area contributed by atoms with Crippen molar-refractivity contribution in [3.63, 3.8) is 0 Å². The normalized spacial score (nSPS) is 16.3. The lowest BCUT2D eigenvalue weighted by Gasteiger charge is -2.44. The van der Waals surface area contributed by atoms with Gasteiger partial charge in [-0.1, -0.05) is 6.92 Å². The molecule has 0 aromatic rings. The average molecular weight is 300 g/mol. The first-order valence-electron chi connectivity index (χ1n) is 7.21. The van der Waals surface area contributed by atoms with Crippen molar-refractivity contribution >= 4 is 18.0 Å². The van der Waals surface area contributed by atoms with Crippen molar-refractivity contribution < 1.29 is 24.2 Å². The maximum Gasteiger partial charge on any atom is 0.325 e. The number of aliphatic carboxylic acids is 1. The summed E-state index contributed by atoms with van der Waals surface area (Å²) >= 11 is 0. The number of likely N-dealkylation sites (tertiary alicyclic amines) is 1. The van der Waals surface area contributed by atoms with E-state index in [1.165, 1.54) is 4.90 Å². The van der Waals surface area contributed by atoms with E-state index in [2.05, 4.69) is 0 Å². The lowest BCUT2D eigenvalue weighted by Crippen LogP contribution is -2.59. The van der Waals surface area contributed by atoms with Crippen molar-refractivity contribution in [2.45, 2.75) is 33.7 Å². The Morgan fingerprint density at radius 1 is 1.29 bits per heavy atom. The molecule has 1 atom stereocenters. The first-order valence-corrected chi connectivity index (χ1v) is 7.21. The molecule has 2 amide bonds. The lowest BCUT2D eigenvalue weighted by atomic mass is 9.87. The van der Waals surface area contributed by atoms with Crippen LogP contribution in [0.4, 0.5) is 4.79 Å². The zero-order chi connectivity index (χ0) is 16.2. The van der Waals surface area contributed by atoms with Crippen molar-refractivity contribution in [3.05, 3.63) is 0 Å². The Bertz CT molecular complexity index is 404. The van der Waals surface area contributed by atoms with E-state index in [1.807, 2.05) is 13.8 Å². The van der Waals surface area contributed by atoms with E-state index >= 15 is 0 Å². The summed E-state index contributed by atoms with van der Waals surface area (Å²) in [6, 6.07) is -0.371. The van der Waals surface area contributed by atoms with Crippen LogP contribution in [-0.4, -0.2) is 65.2 Å². The van der Waals surface area contributed by atoms with Gasteiger partial charge < -0.3 is 19.6 Å². The second-order valence-corrected chi connectivity index (χ2v) is 5.60. The topological polar surface area (TPSA) is 87.2 Å². The first kappa shape index (κ1) is 17.3. The van der Waals surface area contributed by atoms with Gasteiger partial charge in [0, 0.05) is 25.0 Å². The second kappa shape index (κ2) is 7.28. The van der Waals surface area contributed by atoms with Gasteiger partial charge in [0.05, 0.1) is 12.5 Å². The predicted octanol–water partition coefficient (Wildman–Crippen LogP) is 1.03. The minimum absolute atomic E-state index is 0.0249. The summed E-state index contributed by atoms with van der Waals surface area (Å²) in [4.78, 5) is 37.8. The highest BCUT2D eigenvalue weighted by atomic mass is 16.5. The zero-order valence-corrected chi connectivity index (χ0v) is 13.0. The van der Waals surface area contributed by atoms with Crippen LogP contribution in [-0.2, 0) is 14.3 Å². The maximum atomic E-state index is 12.3. The maximum absolute atomic E-state index is 12.3. The van der Waals surface area contributed by atoms with Crippen LogP contribution in [0.1, 0.15) is 27.7 Å². The van der Waals surface area contributed by atoms with E-state index in [0.717, 1.165) is 0 Å². The Kier molecular flexibility index (Phi) is 5.99. The SMILES string of the molecule is CCOC(=O)CN(C(=O)N1CC(C(C)C(=O)O)C1)C(C)C. The van der Waals surface area contributed by atoms with Crippen LogP contribution in [0.25, 0.3) is 0 Å². The number of ether oxygens (including phenoxy) is 1. The van der Waals surface area contributed by atoms with Gasteiger partial charge in [-0.05, 0) is 20.8 Å². The molecule has 0 aliphatic carbocycles. The molecule has 0 bridgehead atoms. The summed E-state index contributed by atoms with van der Waals surface area (Å²) in [6.07, 6.45) is 0. The van der Waals surface area contributed by atoms with Crippen LogP contribution >= 0.6 is 0 Å². The highest BCUT2D eigenvalue weighted by Crippen LogP contribution is 2.25. The molecule has 7 heteroatoms. The van der Waals surface area contributed by atoms with Gasteiger partial charge in [0.2, 0.25) is 0 Å². The molecule has 0 aromatic carbocycles. The summed E-state index contributed by atoms with van der Waals surface area (Å²) in [5.74, 6) is -1.77.